The number of hydrogen-bond acceptors (Lipinski definition) is 9. The van der Waals surface area contributed by atoms with Crippen molar-refractivity contribution in [1.82, 2.24) is 0 Å². The second kappa shape index (κ2) is 10.2. The number of benzene rings is 3. The first kappa shape index (κ1) is 29.9. The molecule has 3 aromatic carbocycles. The van der Waals surface area contributed by atoms with Crippen molar-refractivity contribution in [2.75, 3.05) is 0 Å². The van der Waals surface area contributed by atoms with Gasteiger partial charge in [0.15, 0.2) is 0 Å². The summed E-state index contributed by atoms with van der Waals surface area (Å²) in [5.41, 5.74) is 0. The molecule has 9 nitrogen and oxygen atoms in total. The number of rotatable bonds is 3. The van der Waals surface area contributed by atoms with Gasteiger partial charge in [0, 0.05) is 0 Å². The van der Waals surface area contributed by atoms with Crippen molar-refractivity contribution in [3.05, 3.63) is 42.5 Å². The molecule has 0 unspecified atom stereocenters. The maximum atomic E-state index is 11.5. The van der Waals surface area contributed by atoms with Gasteiger partial charge in [-0.1, -0.05) is 6.07 Å². The Morgan fingerprint density at radius 1 is 0.517 bits per heavy atom. The van der Waals surface area contributed by atoms with Crippen LogP contribution in [0.3, 0.4) is 0 Å². The molecule has 0 aliphatic heterocycles. The van der Waals surface area contributed by atoms with Gasteiger partial charge in [0.2, 0.25) is 0 Å². The topological polar surface area (TPSA) is 172 Å². The second-order valence-corrected chi connectivity index (χ2v) is 9.47. The van der Waals surface area contributed by atoms with Crippen molar-refractivity contribution in [3.63, 3.8) is 0 Å². The number of hydrogen-bond donors (Lipinski definition) is 0. The molecule has 0 bridgehead atoms. The Morgan fingerprint density at radius 2 is 1.03 bits per heavy atom. The van der Waals surface area contributed by atoms with E-state index in [2.05, 4.69) is 0 Å². The van der Waals surface area contributed by atoms with Crippen LogP contribution in [-0.4, -0.2) is 38.9 Å². The van der Waals surface area contributed by atoms with Crippen LogP contribution in [0, 0.1) is 0 Å². The van der Waals surface area contributed by atoms with E-state index in [9.17, 15) is 38.9 Å². The summed E-state index contributed by atoms with van der Waals surface area (Å²) in [5.74, 6) is 0. The van der Waals surface area contributed by atoms with Crippen LogP contribution in [0.2, 0.25) is 0 Å². The van der Waals surface area contributed by atoms with E-state index in [4.69, 9.17) is 0 Å². The van der Waals surface area contributed by atoms with E-state index in [0.29, 0.717) is 11.5 Å². The minimum Gasteiger partial charge on any atom is -0.744 e. The molecule has 0 saturated heterocycles. The van der Waals surface area contributed by atoms with E-state index >= 15 is 0 Å². The van der Waals surface area contributed by atoms with Gasteiger partial charge in [0.25, 0.3) is 0 Å². The van der Waals surface area contributed by atoms with Crippen molar-refractivity contribution < 1.29 is 128 Å². The predicted octanol–water partition coefficient (Wildman–Crippen LogP) is -8.28. The molecule has 15 heteroatoms. The van der Waals surface area contributed by atoms with Gasteiger partial charge >= 0.3 is 88.7 Å². The first-order chi connectivity index (χ1) is 11.8. The third kappa shape index (κ3) is 6.70. The van der Waals surface area contributed by atoms with Crippen molar-refractivity contribution in [2.24, 2.45) is 0 Å². The Kier molecular flexibility index (Phi) is 10.6. The Labute approximate surface area is 233 Å². The molecule has 0 fully saturated rings. The Bertz CT molecular complexity index is 1400. The molecule has 0 amide bonds. The average molecular weight is 484 g/mol. The van der Waals surface area contributed by atoms with Gasteiger partial charge in [-0.15, -0.1) is 0 Å². The fourth-order valence-corrected chi connectivity index (χ4v) is 4.37. The maximum absolute atomic E-state index is 11.5. The summed E-state index contributed by atoms with van der Waals surface area (Å²) in [6.45, 7) is 0. The summed E-state index contributed by atoms with van der Waals surface area (Å²) in [7, 11) is -14.9. The third-order valence-electron chi connectivity index (χ3n) is 3.66. The molecule has 3 rings (SSSR count). The maximum Gasteiger partial charge on any atom is 1.00 e. The Morgan fingerprint density at radius 3 is 1.52 bits per heavy atom. The fourth-order valence-electron chi connectivity index (χ4n) is 2.53. The zero-order valence-corrected chi connectivity index (χ0v) is 23.9. The van der Waals surface area contributed by atoms with Crippen LogP contribution >= 0.6 is 0 Å². The van der Waals surface area contributed by atoms with E-state index in [1.807, 2.05) is 0 Å². The van der Waals surface area contributed by atoms with Crippen LogP contribution in [0.1, 0.15) is 0 Å². The molecular formula is C14H7Na3O9S3. The molecular weight excluding hydrogens is 477 g/mol. The van der Waals surface area contributed by atoms with E-state index in [1.54, 1.807) is 0 Å². The molecule has 0 aliphatic carbocycles. The van der Waals surface area contributed by atoms with Gasteiger partial charge in [0.05, 0.1) is 14.7 Å². The van der Waals surface area contributed by atoms with Crippen LogP contribution in [0.25, 0.3) is 21.5 Å². The zero-order chi connectivity index (χ0) is 19.5. The minimum absolute atomic E-state index is 0. The standard InChI is InChI=1S/C14H10O9S3.3Na/c15-24(16,17)11-2-1-8-6-13-10(3-9(8)4-11)5-12(25(18,19)20)7-14(13)26(21,22)23;;;/h1-7H,(H,15,16,17)(H,18,19,20)(H,21,22,23);;;/q;3*+1/p-3. The van der Waals surface area contributed by atoms with Crippen LogP contribution in [0.15, 0.2) is 57.2 Å². The van der Waals surface area contributed by atoms with E-state index in [1.165, 1.54) is 18.2 Å². The third-order valence-corrected chi connectivity index (χ3v) is 6.18. The summed E-state index contributed by atoms with van der Waals surface area (Å²) in [6.07, 6.45) is 0. The molecule has 0 saturated carbocycles. The van der Waals surface area contributed by atoms with E-state index < -0.39 is 45.0 Å². The Hall–Kier alpha value is 0.910. The number of fused-ring (bicyclic) bond motifs is 2. The molecule has 138 valence electrons. The van der Waals surface area contributed by atoms with Crippen LogP contribution in [0.5, 0.6) is 0 Å². The molecule has 29 heavy (non-hydrogen) atoms. The fraction of sp³-hybridized carbons (Fsp3) is 0. The van der Waals surface area contributed by atoms with Gasteiger partial charge in [-0.05, 0) is 57.9 Å². The van der Waals surface area contributed by atoms with Crippen molar-refractivity contribution in [1.29, 1.82) is 0 Å². The summed E-state index contributed by atoms with van der Waals surface area (Å²) < 4.78 is 101. The first-order valence-corrected chi connectivity index (χ1v) is 10.9. The smallest absolute Gasteiger partial charge is 0.744 e. The minimum atomic E-state index is -5.11. The van der Waals surface area contributed by atoms with Crippen molar-refractivity contribution in [2.45, 2.75) is 14.7 Å². The molecule has 0 heterocycles. The Balaban J connectivity index is 0.00000261. The summed E-state index contributed by atoms with van der Waals surface area (Å²) in [5, 5.41) is 0.235. The summed E-state index contributed by atoms with van der Waals surface area (Å²) >= 11 is 0. The first-order valence-electron chi connectivity index (χ1n) is 6.66. The van der Waals surface area contributed by atoms with E-state index in [0.717, 1.165) is 18.2 Å². The summed E-state index contributed by atoms with van der Waals surface area (Å²) in [4.78, 5) is -2.37. The molecule has 3 aromatic rings. The monoisotopic (exact) mass is 484 g/mol. The second-order valence-electron chi connectivity index (χ2n) is 5.37. The molecule has 0 aliphatic rings. The predicted molar refractivity (Wildman–Crippen MR) is 85.3 cm³/mol. The van der Waals surface area contributed by atoms with Gasteiger partial charge in [-0.3, -0.25) is 0 Å². The van der Waals surface area contributed by atoms with Crippen molar-refractivity contribution in [3.8, 4) is 0 Å². The largest absolute Gasteiger partial charge is 1.00 e. The van der Waals surface area contributed by atoms with Crippen LogP contribution < -0.4 is 88.7 Å². The summed E-state index contributed by atoms with van der Waals surface area (Å²) in [6, 6.07) is 7.01. The van der Waals surface area contributed by atoms with Gasteiger partial charge in [0.1, 0.15) is 30.4 Å². The van der Waals surface area contributed by atoms with Gasteiger partial charge in [-0.2, -0.15) is 0 Å². The average Bonchev–Trinajstić information content (AvgIpc) is 2.48. The molecule has 0 N–H and O–H groups in total. The molecule has 0 spiro atoms. The zero-order valence-electron chi connectivity index (χ0n) is 15.4. The van der Waals surface area contributed by atoms with Gasteiger partial charge in [-0.25, -0.2) is 25.3 Å². The quantitative estimate of drug-likeness (QED) is 0.199. The van der Waals surface area contributed by atoms with E-state index in [-0.39, 0.29) is 105 Å². The normalized spacial score (nSPS) is 12.0. The molecule has 0 atom stereocenters. The molecule has 0 radical (unpaired) electrons. The van der Waals surface area contributed by atoms with Crippen LogP contribution in [0.4, 0.5) is 0 Å². The molecule has 0 aromatic heterocycles. The van der Waals surface area contributed by atoms with Crippen LogP contribution in [-0.2, 0) is 30.4 Å². The van der Waals surface area contributed by atoms with Gasteiger partial charge < -0.3 is 13.7 Å². The SMILES string of the molecule is O=S(=O)([O-])c1ccc2cc3c(S(=O)(=O)[O-])cc(S(=O)(=O)[O-])cc3cc2c1.[Na+].[Na+].[Na+]. The van der Waals surface area contributed by atoms with Crippen molar-refractivity contribution >= 4 is 51.9 Å².